The number of carbonyl (C=O) groups is 1. The Morgan fingerprint density at radius 1 is 0.971 bits per heavy atom. The van der Waals surface area contributed by atoms with Crippen LogP contribution < -0.4 is 23.7 Å². The van der Waals surface area contributed by atoms with Crippen molar-refractivity contribution in [3.63, 3.8) is 0 Å². The number of methoxy groups -OCH3 is 3. The molecule has 2 aromatic carbocycles. The molecule has 0 unspecified atom stereocenters. The minimum Gasteiger partial charge on any atom is -0.496 e. The molecule has 0 aromatic heterocycles. The quantitative estimate of drug-likeness (QED) is 0.568. The highest BCUT2D eigenvalue weighted by atomic mass is 16.5. The lowest BCUT2D eigenvalue weighted by Crippen LogP contribution is -2.41. The minimum atomic E-state index is -0.137. The van der Waals surface area contributed by atoms with Gasteiger partial charge in [0, 0.05) is 24.2 Å². The Morgan fingerprint density at radius 3 is 2.38 bits per heavy atom. The number of carbonyl (C=O) groups excluding carboxylic acids is 1. The van der Waals surface area contributed by atoms with Gasteiger partial charge in [0.2, 0.25) is 5.78 Å². The van der Waals surface area contributed by atoms with Gasteiger partial charge in [-0.1, -0.05) is 19.3 Å². The van der Waals surface area contributed by atoms with E-state index in [-0.39, 0.29) is 11.5 Å². The first kappa shape index (κ1) is 22.6. The van der Waals surface area contributed by atoms with Gasteiger partial charge in [0.25, 0.3) is 0 Å². The fourth-order valence-corrected chi connectivity index (χ4v) is 5.23. The van der Waals surface area contributed by atoms with Crippen molar-refractivity contribution in [2.75, 3.05) is 28.1 Å². The summed E-state index contributed by atoms with van der Waals surface area (Å²) >= 11 is 0. The van der Waals surface area contributed by atoms with Gasteiger partial charge >= 0.3 is 0 Å². The van der Waals surface area contributed by atoms with E-state index in [4.69, 9.17) is 23.7 Å². The van der Waals surface area contributed by atoms with Crippen LogP contribution in [0, 0.1) is 6.92 Å². The van der Waals surface area contributed by atoms with Gasteiger partial charge in [-0.25, -0.2) is 0 Å². The smallest absolute Gasteiger partial charge is 0.232 e. The molecule has 3 aliphatic rings. The van der Waals surface area contributed by atoms with Crippen LogP contribution in [-0.2, 0) is 6.54 Å². The Morgan fingerprint density at radius 2 is 1.68 bits per heavy atom. The number of benzene rings is 2. The predicted octanol–water partition coefficient (Wildman–Crippen LogP) is 5.12. The molecule has 7 nitrogen and oxygen atoms in total. The summed E-state index contributed by atoms with van der Waals surface area (Å²) in [5.74, 6) is 3.19. The van der Waals surface area contributed by atoms with E-state index in [0.717, 1.165) is 23.4 Å². The third-order valence-corrected chi connectivity index (χ3v) is 7.06. The van der Waals surface area contributed by atoms with Crippen molar-refractivity contribution in [3.8, 4) is 28.7 Å². The highest BCUT2D eigenvalue weighted by Gasteiger charge is 2.37. The van der Waals surface area contributed by atoms with Crippen molar-refractivity contribution in [2.24, 2.45) is 0 Å². The van der Waals surface area contributed by atoms with Crippen LogP contribution in [0.25, 0.3) is 6.08 Å². The summed E-state index contributed by atoms with van der Waals surface area (Å²) in [5.41, 5.74) is 3.09. The van der Waals surface area contributed by atoms with E-state index >= 15 is 0 Å². The third-order valence-electron chi connectivity index (χ3n) is 7.06. The SMILES string of the molecule is COc1cc(OC)c(OC)cc1/C=C1\Oc2c3c(cc(C)c2C1=O)OCN(C1CCCCC1)C3. The fraction of sp³-hybridized carbons (Fsp3) is 0.444. The molecule has 0 saturated heterocycles. The van der Waals surface area contributed by atoms with Crippen LogP contribution in [0.1, 0.15) is 59.2 Å². The summed E-state index contributed by atoms with van der Waals surface area (Å²) in [7, 11) is 4.72. The second kappa shape index (κ2) is 9.22. The molecule has 0 amide bonds. The average Bonchev–Trinajstić information content (AvgIpc) is 3.20. The van der Waals surface area contributed by atoms with Gasteiger partial charge in [-0.3, -0.25) is 9.69 Å². The van der Waals surface area contributed by atoms with Crippen molar-refractivity contribution < 1.29 is 28.5 Å². The number of hydrogen-bond acceptors (Lipinski definition) is 7. The molecule has 0 radical (unpaired) electrons. The molecule has 180 valence electrons. The van der Waals surface area contributed by atoms with Crippen LogP contribution >= 0.6 is 0 Å². The molecule has 0 atom stereocenters. The highest BCUT2D eigenvalue weighted by Crippen LogP contribution is 2.45. The lowest BCUT2D eigenvalue weighted by atomic mass is 9.93. The van der Waals surface area contributed by atoms with E-state index in [1.165, 1.54) is 32.1 Å². The Hall–Kier alpha value is -3.19. The Bertz CT molecular complexity index is 1150. The average molecular weight is 466 g/mol. The van der Waals surface area contributed by atoms with E-state index in [2.05, 4.69) is 4.90 Å². The van der Waals surface area contributed by atoms with E-state index in [1.807, 2.05) is 13.0 Å². The van der Waals surface area contributed by atoms with Crippen LogP contribution in [-0.4, -0.2) is 44.8 Å². The number of rotatable bonds is 5. The van der Waals surface area contributed by atoms with Gasteiger partial charge in [-0.2, -0.15) is 0 Å². The largest absolute Gasteiger partial charge is 0.496 e. The lowest BCUT2D eigenvalue weighted by Gasteiger charge is -2.37. The van der Waals surface area contributed by atoms with Crippen molar-refractivity contribution >= 4 is 11.9 Å². The van der Waals surface area contributed by atoms with Gasteiger partial charge in [0.1, 0.15) is 24.0 Å². The van der Waals surface area contributed by atoms with Crippen LogP contribution in [0.3, 0.4) is 0 Å². The van der Waals surface area contributed by atoms with Crippen LogP contribution in [0.4, 0.5) is 0 Å². The third kappa shape index (κ3) is 3.88. The first-order valence-electron chi connectivity index (χ1n) is 11.8. The summed E-state index contributed by atoms with van der Waals surface area (Å²) in [6.07, 6.45) is 7.91. The minimum absolute atomic E-state index is 0.137. The zero-order chi connectivity index (χ0) is 23.8. The number of Topliss-reactive ketones (excluding diaryl/α,β-unsaturated/α-hetero) is 1. The van der Waals surface area contributed by atoms with Crippen LogP contribution in [0.15, 0.2) is 24.0 Å². The summed E-state index contributed by atoms with van der Waals surface area (Å²) in [6, 6.07) is 6.00. The molecule has 2 heterocycles. The number of ketones is 1. The zero-order valence-electron chi connectivity index (χ0n) is 20.2. The molecule has 0 N–H and O–H groups in total. The number of allylic oxidation sites excluding steroid dienone is 1. The lowest BCUT2D eigenvalue weighted by molar-refractivity contribution is 0.0393. The molecule has 5 rings (SSSR count). The number of ether oxygens (including phenoxy) is 5. The maximum atomic E-state index is 13.4. The second-order valence-electron chi connectivity index (χ2n) is 9.08. The monoisotopic (exact) mass is 465 g/mol. The van der Waals surface area contributed by atoms with Gasteiger partial charge in [0.05, 0.1) is 32.5 Å². The van der Waals surface area contributed by atoms with Gasteiger partial charge < -0.3 is 23.7 Å². The first-order chi connectivity index (χ1) is 16.5. The standard InChI is InChI=1S/C27H31NO6/c1-16-10-21-19(14-28(15-33-21)18-8-6-5-7-9-18)27-25(16)26(29)24(34-27)12-17-11-22(31-3)23(32-4)13-20(17)30-2/h10-13,18H,5-9,14-15H2,1-4H3/b24-12-. The zero-order valence-corrected chi connectivity index (χ0v) is 20.2. The van der Waals surface area contributed by atoms with Gasteiger partial charge in [0.15, 0.2) is 17.3 Å². The van der Waals surface area contributed by atoms with Crippen LogP contribution in [0.2, 0.25) is 0 Å². The van der Waals surface area contributed by atoms with Gasteiger partial charge in [-0.05, 0) is 43.5 Å². The van der Waals surface area contributed by atoms with E-state index in [0.29, 0.717) is 46.9 Å². The van der Waals surface area contributed by atoms with E-state index < -0.39 is 0 Å². The van der Waals surface area contributed by atoms with Crippen molar-refractivity contribution in [1.29, 1.82) is 0 Å². The maximum absolute atomic E-state index is 13.4. The molecule has 1 fully saturated rings. The molecule has 0 bridgehead atoms. The van der Waals surface area contributed by atoms with Crippen molar-refractivity contribution in [2.45, 2.75) is 51.6 Å². The molecule has 7 heteroatoms. The van der Waals surface area contributed by atoms with Crippen molar-refractivity contribution in [1.82, 2.24) is 4.90 Å². The van der Waals surface area contributed by atoms with Gasteiger partial charge in [-0.15, -0.1) is 0 Å². The van der Waals surface area contributed by atoms with Crippen LogP contribution in [0.5, 0.6) is 28.7 Å². The fourth-order valence-electron chi connectivity index (χ4n) is 5.23. The topological polar surface area (TPSA) is 66.5 Å². The number of hydrogen-bond donors (Lipinski definition) is 0. The molecular formula is C27H31NO6. The molecule has 1 aliphatic carbocycles. The Labute approximate surface area is 200 Å². The molecule has 1 saturated carbocycles. The predicted molar refractivity (Wildman–Crippen MR) is 128 cm³/mol. The first-order valence-corrected chi connectivity index (χ1v) is 11.8. The second-order valence-corrected chi connectivity index (χ2v) is 9.08. The maximum Gasteiger partial charge on any atom is 0.232 e. The molecular weight excluding hydrogens is 434 g/mol. The normalized spacial score (nSPS) is 19.3. The molecule has 0 spiro atoms. The van der Waals surface area contributed by atoms with Crippen molar-refractivity contribution in [3.05, 3.63) is 46.2 Å². The number of fused-ring (bicyclic) bond motifs is 3. The Kier molecular flexibility index (Phi) is 6.13. The molecule has 2 aliphatic heterocycles. The summed E-state index contributed by atoms with van der Waals surface area (Å²) in [5, 5.41) is 0. The number of aryl methyl sites for hydroxylation is 1. The number of nitrogens with zero attached hydrogens (tertiary/aromatic N) is 1. The molecule has 34 heavy (non-hydrogen) atoms. The highest BCUT2D eigenvalue weighted by molar-refractivity contribution is 6.16. The Balaban J connectivity index is 1.51. The van der Waals surface area contributed by atoms with E-state index in [9.17, 15) is 4.79 Å². The summed E-state index contributed by atoms with van der Waals surface area (Å²) in [6.45, 7) is 3.23. The van der Waals surface area contributed by atoms with E-state index in [1.54, 1.807) is 39.5 Å². The summed E-state index contributed by atoms with van der Waals surface area (Å²) in [4.78, 5) is 15.8. The molecule has 2 aromatic rings. The summed E-state index contributed by atoms with van der Waals surface area (Å²) < 4.78 is 28.7.